The minimum absolute atomic E-state index is 0.0112. The fourth-order valence-corrected chi connectivity index (χ4v) is 5.34. The molecular formula is C24H31N5O3. The number of likely N-dealkylation sites (tertiary alicyclic amines) is 1. The van der Waals surface area contributed by atoms with Crippen molar-refractivity contribution in [1.82, 2.24) is 20.2 Å². The molecule has 1 N–H and O–H groups in total. The van der Waals surface area contributed by atoms with Gasteiger partial charge in [0.1, 0.15) is 11.5 Å². The van der Waals surface area contributed by atoms with Gasteiger partial charge in [0.2, 0.25) is 11.9 Å². The van der Waals surface area contributed by atoms with E-state index in [0.717, 1.165) is 25.1 Å². The minimum atomic E-state index is -0.537. The van der Waals surface area contributed by atoms with Crippen LogP contribution in [-0.2, 0) is 4.79 Å². The summed E-state index contributed by atoms with van der Waals surface area (Å²) in [6.07, 6.45) is 7.41. The SMILES string of the molecule is Cc1cc(C(=O)N2CCC[C@]3(C(=O)NCC4CC4)CN(c4ncccn4)C[C@@H]3C2)c(C)o1. The second kappa shape index (κ2) is 8.22. The molecule has 1 saturated carbocycles. The van der Waals surface area contributed by atoms with Crippen LogP contribution in [0.1, 0.15) is 47.6 Å². The topological polar surface area (TPSA) is 91.6 Å². The summed E-state index contributed by atoms with van der Waals surface area (Å²) < 4.78 is 5.60. The number of carbonyl (C=O) groups is 2. The Morgan fingerprint density at radius 2 is 2.00 bits per heavy atom. The smallest absolute Gasteiger partial charge is 0.257 e. The highest BCUT2D eigenvalue weighted by atomic mass is 16.3. The van der Waals surface area contributed by atoms with Crippen LogP contribution < -0.4 is 10.2 Å². The van der Waals surface area contributed by atoms with Gasteiger partial charge in [-0.15, -0.1) is 0 Å². The second-order valence-corrected chi connectivity index (χ2v) is 9.62. The van der Waals surface area contributed by atoms with Crippen LogP contribution in [0.3, 0.4) is 0 Å². The molecule has 0 unspecified atom stereocenters. The third-order valence-corrected chi connectivity index (χ3v) is 7.28. The highest BCUT2D eigenvalue weighted by Gasteiger charge is 2.54. The van der Waals surface area contributed by atoms with Gasteiger partial charge in [-0.25, -0.2) is 9.97 Å². The van der Waals surface area contributed by atoms with Gasteiger partial charge >= 0.3 is 0 Å². The van der Waals surface area contributed by atoms with Gasteiger partial charge < -0.3 is 19.5 Å². The molecule has 5 rings (SSSR count). The molecule has 0 spiro atoms. The van der Waals surface area contributed by atoms with E-state index < -0.39 is 5.41 Å². The van der Waals surface area contributed by atoms with E-state index in [2.05, 4.69) is 20.2 Å². The number of anilines is 1. The Bertz CT molecular complexity index is 1000. The molecule has 0 aromatic carbocycles. The van der Waals surface area contributed by atoms with Crippen molar-refractivity contribution in [2.24, 2.45) is 17.3 Å². The molecule has 3 fully saturated rings. The number of nitrogens with one attached hydrogen (secondary N) is 1. The Labute approximate surface area is 188 Å². The molecule has 2 amide bonds. The third kappa shape index (κ3) is 3.87. The zero-order chi connectivity index (χ0) is 22.3. The Balaban J connectivity index is 1.41. The lowest BCUT2D eigenvalue weighted by molar-refractivity contribution is -0.132. The molecule has 2 aromatic rings. The fourth-order valence-electron chi connectivity index (χ4n) is 5.34. The molecule has 4 heterocycles. The fraction of sp³-hybridized carbons (Fsp3) is 0.583. The number of furan rings is 1. The molecule has 8 nitrogen and oxygen atoms in total. The normalized spacial score (nSPS) is 25.4. The van der Waals surface area contributed by atoms with E-state index in [0.29, 0.717) is 49.4 Å². The van der Waals surface area contributed by atoms with E-state index in [1.807, 2.05) is 24.8 Å². The van der Waals surface area contributed by atoms with Crippen LogP contribution in [0.25, 0.3) is 0 Å². The largest absolute Gasteiger partial charge is 0.466 e. The first-order valence-electron chi connectivity index (χ1n) is 11.6. The van der Waals surface area contributed by atoms with E-state index in [4.69, 9.17) is 4.42 Å². The van der Waals surface area contributed by atoms with Gasteiger partial charge in [-0.1, -0.05) is 0 Å². The van der Waals surface area contributed by atoms with Gasteiger partial charge in [-0.05, 0) is 57.6 Å². The Hall–Kier alpha value is -2.90. The Kier molecular flexibility index (Phi) is 5.39. The molecule has 8 heteroatoms. The molecule has 1 aliphatic carbocycles. The molecule has 0 radical (unpaired) electrons. The monoisotopic (exact) mass is 437 g/mol. The molecule has 170 valence electrons. The maximum Gasteiger partial charge on any atom is 0.257 e. The summed E-state index contributed by atoms with van der Waals surface area (Å²) in [5, 5.41) is 3.24. The first-order valence-corrected chi connectivity index (χ1v) is 11.6. The summed E-state index contributed by atoms with van der Waals surface area (Å²) in [6, 6.07) is 3.61. The van der Waals surface area contributed by atoms with Crippen LogP contribution in [-0.4, -0.2) is 59.4 Å². The zero-order valence-electron chi connectivity index (χ0n) is 18.8. The van der Waals surface area contributed by atoms with Crippen molar-refractivity contribution in [2.75, 3.05) is 37.6 Å². The maximum atomic E-state index is 13.6. The molecular weight excluding hydrogens is 406 g/mol. The standard InChI is InChI=1S/C24H31N5O3/c1-16-11-20(17(2)32-16)21(30)28-10-3-7-24(22(31)27-12-18-5-6-18)15-29(14-19(24)13-28)23-25-8-4-9-26-23/h4,8-9,11,18-19H,3,5-7,10,12-15H2,1-2H3,(H,27,31)/t19-,24-/m0/s1. The molecule has 0 bridgehead atoms. The number of carbonyl (C=O) groups excluding carboxylic acids is 2. The zero-order valence-corrected chi connectivity index (χ0v) is 18.8. The Morgan fingerprint density at radius 3 is 2.69 bits per heavy atom. The summed E-state index contributed by atoms with van der Waals surface area (Å²) in [6.45, 7) is 6.89. The Morgan fingerprint density at radius 1 is 1.22 bits per heavy atom. The van der Waals surface area contributed by atoms with Crippen LogP contribution in [0, 0.1) is 31.1 Å². The van der Waals surface area contributed by atoms with Crippen LogP contribution in [0.15, 0.2) is 28.9 Å². The van der Waals surface area contributed by atoms with Gasteiger partial charge in [0.15, 0.2) is 0 Å². The number of hydrogen-bond donors (Lipinski definition) is 1. The summed E-state index contributed by atoms with van der Waals surface area (Å²) in [7, 11) is 0. The van der Waals surface area contributed by atoms with E-state index in [1.165, 1.54) is 12.8 Å². The van der Waals surface area contributed by atoms with Crippen molar-refractivity contribution in [3.63, 3.8) is 0 Å². The number of fused-ring (bicyclic) bond motifs is 1. The summed E-state index contributed by atoms with van der Waals surface area (Å²) >= 11 is 0. The average molecular weight is 438 g/mol. The lowest BCUT2D eigenvalue weighted by Gasteiger charge is -2.32. The van der Waals surface area contributed by atoms with E-state index in [1.54, 1.807) is 18.5 Å². The minimum Gasteiger partial charge on any atom is -0.466 e. The average Bonchev–Trinajstić information content (AvgIpc) is 3.51. The van der Waals surface area contributed by atoms with E-state index in [-0.39, 0.29) is 17.7 Å². The number of amides is 2. The van der Waals surface area contributed by atoms with Crippen molar-refractivity contribution < 1.29 is 14.0 Å². The maximum absolute atomic E-state index is 13.6. The summed E-state index contributed by atoms with van der Waals surface area (Å²) in [5.41, 5.74) is 0.0826. The van der Waals surface area contributed by atoms with Crippen LogP contribution in [0.4, 0.5) is 5.95 Å². The van der Waals surface area contributed by atoms with Crippen molar-refractivity contribution in [3.05, 3.63) is 41.6 Å². The molecule has 3 aliphatic rings. The quantitative estimate of drug-likeness (QED) is 0.773. The molecule has 2 aromatic heterocycles. The molecule has 2 aliphatic heterocycles. The number of aryl methyl sites for hydroxylation is 2. The predicted molar refractivity (Wildman–Crippen MR) is 119 cm³/mol. The van der Waals surface area contributed by atoms with Crippen LogP contribution in [0.5, 0.6) is 0 Å². The van der Waals surface area contributed by atoms with Gasteiger partial charge in [-0.3, -0.25) is 9.59 Å². The van der Waals surface area contributed by atoms with Gasteiger partial charge in [0, 0.05) is 51.0 Å². The first kappa shape index (κ1) is 21.0. The number of rotatable bonds is 5. The van der Waals surface area contributed by atoms with Crippen LogP contribution >= 0.6 is 0 Å². The number of nitrogens with zero attached hydrogens (tertiary/aromatic N) is 4. The highest BCUT2D eigenvalue weighted by molar-refractivity contribution is 5.95. The van der Waals surface area contributed by atoms with Crippen molar-refractivity contribution in [3.8, 4) is 0 Å². The van der Waals surface area contributed by atoms with Gasteiger partial charge in [-0.2, -0.15) is 0 Å². The molecule has 2 saturated heterocycles. The third-order valence-electron chi connectivity index (χ3n) is 7.28. The summed E-state index contributed by atoms with van der Waals surface area (Å²) in [5.74, 6) is 2.79. The van der Waals surface area contributed by atoms with Crippen molar-refractivity contribution in [2.45, 2.75) is 39.5 Å². The molecule has 2 atom stereocenters. The second-order valence-electron chi connectivity index (χ2n) is 9.62. The molecule has 32 heavy (non-hydrogen) atoms. The predicted octanol–water partition coefficient (Wildman–Crippen LogP) is 2.57. The first-order chi connectivity index (χ1) is 15.5. The lowest BCUT2D eigenvalue weighted by Crippen LogP contribution is -2.48. The van der Waals surface area contributed by atoms with Gasteiger partial charge in [0.25, 0.3) is 5.91 Å². The van der Waals surface area contributed by atoms with Crippen molar-refractivity contribution >= 4 is 17.8 Å². The van der Waals surface area contributed by atoms with Crippen molar-refractivity contribution in [1.29, 1.82) is 0 Å². The lowest BCUT2D eigenvalue weighted by atomic mass is 9.74. The van der Waals surface area contributed by atoms with E-state index >= 15 is 0 Å². The highest BCUT2D eigenvalue weighted by Crippen LogP contribution is 2.44. The number of aromatic nitrogens is 2. The summed E-state index contributed by atoms with van der Waals surface area (Å²) in [4.78, 5) is 39.8. The number of hydrogen-bond acceptors (Lipinski definition) is 6. The van der Waals surface area contributed by atoms with E-state index in [9.17, 15) is 9.59 Å². The van der Waals surface area contributed by atoms with Gasteiger partial charge in [0.05, 0.1) is 11.0 Å². The van der Waals surface area contributed by atoms with Crippen LogP contribution in [0.2, 0.25) is 0 Å².